The molecule has 0 saturated carbocycles. The van der Waals surface area contributed by atoms with Crippen molar-refractivity contribution >= 4 is 29.5 Å². The van der Waals surface area contributed by atoms with E-state index in [9.17, 15) is 4.79 Å². The minimum atomic E-state index is 0.377. The van der Waals surface area contributed by atoms with Gasteiger partial charge in [-0.3, -0.25) is 4.79 Å². The Morgan fingerprint density at radius 3 is 2.40 bits per heavy atom. The maximum atomic E-state index is 10.0. The highest BCUT2D eigenvalue weighted by Gasteiger charge is 1.97. The van der Waals surface area contributed by atoms with E-state index < -0.39 is 0 Å². The molecule has 0 aromatic heterocycles. The first-order valence-electron chi connectivity index (χ1n) is 2.57. The second kappa shape index (κ2) is 3.04. The standard InChI is InChI=1S/C7H3Cl2O/c8-6-2-1-5(4-10)3-7(6)9/h1-3H. The van der Waals surface area contributed by atoms with Crippen molar-refractivity contribution < 1.29 is 4.79 Å². The molecule has 0 bridgehead atoms. The fourth-order valence-electron chi connectivity index (χ4n) is 0.560. The zero-order chi connectivity index (χ0) is 7.56. The zero-order valence-corrected chi connectivity index (χ0v) is 6.41. The fourth-order valence-corrected chi connectivity index (χ4v) is 0.858. The van der Waals surface area contributed by atoms with Crippen LogP contribution < -0.4 is 0 Å². The normalized spacial score (nSPS) is 9.40. The van der Waals surface area contributed by atoms with Crippen LogP contribution in [0.3, 0.4) is 0 Å². The van der Waals surface area contributed by atoms with E-state index in [1.54, 1.807) is 18.4 Å². The Morgan fingerprint density at radius 2 is 1.90 bits per heavy atom. The van der Waals surface area contributed by atoms with Crippen molar-refractivity contribution in [3.63, 3.8) is 0 Å². The molecule has 0 spiro atoms. The summed E-state index contributed by atoms with van der Waals surface area (Å²) in [5, 5.41) is 0.822. The zero-order valence-electron chi connectivity index (χ0n) is 4.90. The molecule has 0 amide bonds. The molecule has 10 heavy (non-hydrogen) atoms. The highest BCUT2D eigenvalue weighted by molar-refractivity contribution is 6.42. The molecule has 1 rings (SSSR count). The second-order valence-electron chi connectivity index (χ2n) is 1.73. The van der Waals surface area contributed by atoms with Crippen LogP contribution in [0.4, 0.5) is 0 Å². The van der Waals surface area contributed by atoms with Gasteiger partial charge in [0.1, 0.15) is 0 Å². The summed E-state index contributed by atoms with van der Waals surface area (Å²) in [4.78, 5) is 10.0. The lowest BCUT2D eigenvalue weighted by Crippen LogP contribution is -1.78. The number of benzene rings is 1. The molecule has 1 nitrogen and oxygen atoms in total. The SMILES string of the molecule is O=[C]c1ccc(Cl)c(Cl)c1. The van der Waals surface area contributed by atoms with Crippen LogP contribution in [0.15, 0.2) is 18.2 Å². The van der Waals surface area contributed by atoms with Crippen LogP contribution in [0.5, 0.6) is 0 Å². The van der Waals surface area contributed by atoms with E-state index >= 15 is 0 Å². The maximum Gasteiger partial charge on any atom is 0.233 e. The smallest absolute Gasteiger partial charge is 0.233 e. The summed E-state index contributed by atoms with van der Waals surface area (Å²) in [5.74, 6) is 0. The Labute approximate surface area is 68.6 Å². The van der Waals surface area contributed by atoms with Gasteiger partial charge < -0.3 is 0 Å². The van der Waals surface area contributed by atoms with Crippen LogP contribution in [0.1, 0.15) is 5.56 Å². The number of halogens is 2. The minimum absolute atomic E-state index is 0.377. The van der Waals surface area contributed by atoms with Gasteiger partial charge in [0.2, 0.25) is 6.29 Å². The van der Waals surface area contributed by atoms with Gasteiger partial charge in [-0.05, 0) is 18.2 Å². The average Bonchev–Trinajstić information content (AvgIpc) is 1.95. The largest absolute Gasteiger partial charge is 0.285 e. The molecule has 1 radical (unpaired) electrons. The Kier molecular flexibility index (Phi) is 2.30. The van der Waals surface area contributed by atoms with Gasteiger partial charge in [-0.2, -0.15) is 0 Å². The maximum absolute atomic E-state index is 10.0. The van der Waals surface area contributed by atoms with Crippen molar-refractivity contribution in [2.45, 2.75) is 0 Å². The molecular formula is C7H3Cl2O. The summed E-state index contributed by atoms with van der Waals surface area (Å²) in [7, 11) is 0. The molecule has 1 aromatic carbocycles. The first-order chi connectivity index (χ1) is 4.74. The van der Waals surface area contributed by atoms with Crippen molar-refractivity contribution in [1.29, 1.82) is 0 Å². The molecular weight excluding hydrogens is 171 g/mol. The fraction of sp³-hybridized carbons (Fsp3) is 0. The molecule has 0 aliphatic heterocycles. The highest BCUT2D eigenvalue weighted by Crippen LogP contribution is 2.21. The molecule has 0 fully saturated rings. The van der Waals surface area contributed by atoms with Crippen LogP contribution in [-0.4, -0.2) is 6.29 Å². The van der Waals surface area contributed by atoms with E-state index in [2.05, 4.69) is 0 Å². The molecule has 0 heterocycles. The van der Waals surface area contributed by atoms with E-state index in [1.807, 2.05) is 0 Å². The van der Waals surface area contributed by atoms with E-state index in [1.165, 1.54) is 6.07 Å². The van der Waals surface area contributed by atoms with Crippen LogP contribution >= 0.6 is 23.2 Å². The van der Waals surface area contributed by atoms with Crippen molar-refractivity contribution in [2.75, 3.05) is 0 Å². The quantitative estimate of drug-likeness (QED) is 0.638. The van der Waals surface area contributed by atoms with Gasteiger partial charge in [0, 0.05) is 5.56 Å². The van der Waals surface area contributed by atoms with Crippen LogP contribution in [0.2, 0.25) is 10.0 Å². The molecule has 0 unspecified atom stereocenters. The monoisotopic (exact) mass is 173 g/mol. The van der Waals surface area contributed by atoms with Crippen molar-refractivity contribution in [3.05, 3.63) is 33.8 Å². The van der Waals surface area contributed by atoms with Crippen molar-refractivity contribution in [1.82, 2.24) is 0 Å². The molecule has 0 aliphatic rings. The topological polar surface area (TPSA) is 17.1 Å². The lowest BCUT2D eigenvalue weighted by atomic mass is 10.2. The predicted molar refractivity (Wildman–Crippen MR) is 41.3 cm³/mol. The number of hydrogen-bond donors (Lipinski definition) is 0. The molecule has 3 heteroatoms. The molecule has 0 aliphatic carbocycles. The third kappa shape index (κ3) is 1.49. The number of hydrogen-bond acceptors (Lipinski definition) is 1. The number of carbonyl (C=O) groups excluding carboxylic acids is 1. The van der Waals surface area contributed by atoms with E-state index in [-0.39, 0.29) is 0 Å². The van der Waals surface area contributed by atoms with Crippen LogP contribution in [-0.2, 0) is 4.79 Å². The molecule has 1 aromatic rings. The first-order valence-corrected chi connectivity index (χ1v) is 3.33. The Hall–Kier alpha value is -0.530. The highest BCUT2D eigenvalue weighted by atomic mass is 35.5. The summed E-state index contributed by atoms with van der Waals surface area (Å²) in [6.07, 6.45) is 1.70. The van der Waals surface area contributed by atoms with Gasteiger partial charge in [-0.25, -0.2) is 0 Å². The third-order valence-corrected chi connectivity index (χ3v) is 1.78. The summed E-state index contributed by atoms with van der Waals surface area (Å²) in [5.41, 5.74) is 0.411. The van der Waals surface area contributed by atoms with Gasteiger partial charge in [0.05, 0.1) is 10.0 Å². The third-order valence-electron chi connectivity index (χ3n) is 1.04. The summed E-state index contributed by atoms with van der Waals surface area (Å²) in [6.45, 7) is 0. The molecule has 0 N–H and O–H groups in total. The Balaban J connectivity index is 3.16. The van der Waals surface area contributed by atoms with Gasteiger partial charge in [-0.1, -0.05) is 23.2 Å². The lowest BCUT2D eigenvalue weighted by Gasteiger charge is -1.93. The van der Waals surface area contributed by atoms with E-state index in [0.717, 1.165) is 0 Å². The number of rotatable bonds is 1. The van der Waals surface area contributed by atoms with E-state index in [0.29, 0.717) is 15.6 Å². The molecule has 0 atom stereocenters. The van der Waals surface area contributed by atoms with Crippen LogP contribution in [0.25, 0.3) is 0 Å². The molecule has 51 valence electrons. The predicted octanol–water partition coefficient (Wildman–Crippen LogP) is 2.45. The van der Waals surface area contributed by atoms with Crippen LogP contribution in [0, 0.1) is 0 Å². The van der Waals surface area contributed by atoms with Gasteiger partial charge in [0.15, 0.2) is 0 Å². The Bertz CT molecular complexity index is 258. The summed E-state index contributed by atoms with van der Waals surface area (Å²) in [6, 6.07) is 4.59. The lowest BCUT2D eigenvalue weighted by molar-refractivity contribution is 0.563. The summed E-state index contributed by atoms with van der Waals surface area (Å²) < 4.78 is 0. The average molecular weight is 174 g/mol. The second-order valence-corrected chi connectivity index (χ2v) is 2.55. The first kappa shape index (κ1) is 7.58. The van der Waals surface area contributed by atoms with Crippen molar-refractivity contribution in [2.24, 2.45) is 0 Å². The van der Waals surface area contributed by atoms with Gasteiger partial charge >= 0.3 is 0 Å². The van der Waals surface area contributed by atoms with Crippen molar-refractivity contribution in [3.8, 4) is 0 Å². The summed E-state index contributed by atoms with van der Waals surface area (Å²) >= 11 is 11.2. The Morgan fingerprint density at radius 1 is 1.20 bits per heavy atom. The van der Waals surface area contributed by atoms with E-state index in [4.69, 9.17) is 23.2 Å². The van der Waals surface area contributed by atoms with Gasteiger partial charge in [-0.15, -0.1) is 0 Å². The minimum Gasteiger partial charge on any atom is -0.285 e. The molecule has 0 saturated heterocycles. The van der Waals surface area contributed by atoms with Gasteiger partial charge in [0.25, 0.3) is 0 Å².